The number of likely N-dealkylation sites (N-methyl/N-ethyl adjacent to an activating group) is 1. The quantitative estimate of drug-likeness (QED) is 0.381. The van der Waals surface area contributed by atoms with Crippen molar-refractivity contribution in [1.82, 2.24) is 19.6 Å². The maximum atomic E-state index is 14.4. The number of benzene rings is 2. The molecule has 3 aromatic rings. The van der Waals surface area contributed by atoms with Crippen molar-refractivity contribution in [2.24, 2.45) is 7.05 Å². The van der Waals surface area contributed by atoms with E-state index in [4.69, 9.17) is 0 Å². The fourth-order valence-corrected chi connectivity index (χ4v) is 6.57. The van der Waals surface area contributed by atoms with Crippen LogP contribution in [-0.4, -0.2) is 65.6 Å². The van der Waals surface area contributed by atoms with E-state index in [9.17, 15) is 41.2 Å². The fraction of sp³-hybridized carbons (Fsp3) is 0.300. The van der Waals surface area contributed by atoms with Crippen molar-refractivity contribution in [3.8, 4) is 6.07 Å². The van der Waals surface area contributed by atoms with Crippen molar-refractivity contribution in [1.29, 1.82) is 5.26 Å². The van der Waals surface area contributed by atoms with Crippen molar-refractivity contribution in [2.45, 2.75) is 36.5 Å². The molecule has 0 spiro atoms. The normalized spacial score (nSPS) is 17.0. The number of halogens is 3. The maximum absolute atomic E-state index is 14.4. The summed E-state index contributed by atoms with van der Waals surface area (Å²) in [4.78, 5) is 44.4. The van der Waals surface area contributed by atoms with Gasteiger partial charge in [-0.3, -0.25) is 19.2 Å². The van der Waals surface area contributed by atoms with E-state index in [-0.39, 0.29) is 52.4 Å². The van der Waals surface area contributed by atoms with Gasteiger partial charge >= 0.3 is 12.2 Å². The third-order valence-electron chi connectivity index (χ3n) is 7.67. The molecule has 0 bridgehead atoms. The summed E-state index contributed by atoms with van der Waals surface area (Å²) in [7, 11) is -0.855. The van der Waals surface area contributed by atoms with Gasteiger partial charge in [-0.05, 0) is 42.3 Å². The van der Waals surface area contributed by atoms with Crippen molar-refractivity contribution < 1.29 is 36.0 Å². The lowest BCUT2D eigenvalue weighted by Gasteiger charge is -2.42. The Morgan fingerprint density at radius 3 is 2.51 bits per heavy atom. The summed E-state index contributed by atoms with van der Waals surface area (Å²) in [6.07, 6.45) is -0.654. The Bertz CT molecular complexity index is 1910. The molecule has 15 heteroatoms. The fourth-order valence-electron chi connectivity index (χ4n) is 5.62. The van der Waals surface area contributed by atoms with E-state index in [1.165, 1.54) is 30.1 Å². The number of aryl methyl sites for hydroxylation is 1. The number of sulfone groups is 1. The SMILES string of the molecule is CN(Cc1cnn(C)c1)C(=O)CN1C(=O)N(c2cccc(C(F)(F)F)c2)C2=C(C(=O)CC2)C1c1ccc(C#N)cc1S(C)(=O)=O. The smallest absolute Gasteiger partial charge is 0.340 e. The van der Waals surface area contributed by atoms with Gasteiger partial charge in [0.1, 0.15) is 6.54 Å². The van der Waals surface area contributed by atoms with E-state index in [0.717, 1.165) is 40.3 Å². The Balaban J connectivity index is 1.69. The summed E-state index contributed by atoms with van der Waals surface area (Å²) in [6, 6.07) is 7.41. The molecule has 1 aliphatic heterocycles. The minimum atomic E-state index is -4.72. The summed E-state index contributed by atoms with van der Waals surface area (Å²) >= 11 is 0. The van der Waals surface area contributed by atoms with Gasteiger partial charge < -0.3 is 9.80 Å². The molecule has 5 rings (SSSR count). The van der Waals surface area contributed by atoms with Crippen LogP contribution in [0.25, 0.3) is 0 Å². The molecule has 0 radical (unpaired) electrons. The van der Waals surface area contributed by atoms with Crippen molar-refractivity contribution in [3.05, 3.63) is 88.4 Å². The molecule has 0 N–H and O–H groups in total. The Labute approximate surface area is 256 Å². The predicted molar refractivity (Wildman–Crippen MR) is 154 cm³/mol. The highest BCUT2D eigenvalue weighted by atomic mass is 32.2. The predicted octanol–water partition coefficient (Wildman–Crippen LogP) is 3.97. The Kier molecular flexibility index (Phi) is 8.05. The number of aromatic nitrogens is 2. The van der Waals surface area contributed by atoms with Crippen LogP contribution in [0.5, 0.6) is 0 Å². The van der Waals surface area contributed by atoms with E-state index in [1.54, 1.807) is 24.1 Å². The van der Waals surface area contributed by atoms with Crippen molar-refractivity contribution in [3.63, 3.8) is 0 Å². The van der Waals surface area contributed by atoms with Gasteiger partial charge in [-0.1, -0.05) is 12.1 Å². The average molecular weight is 641 g/mol. The second kappa shape index (κ2) is 11.5. The first-order valence-corrected chi connectivity index (χ1v) is 15.5. The van der Waals surface area contributed by atoms with Crippen LogP contribution in [-0.2, 0) is 39.2 Å². The number of alkyl halides is 3. The zero-order valence-corrected chi connectivity index (χ0v) is 25.2. The van der Waals surface area contributed by atoms with Gasteiger partial charge in [0.15, 0.2) is 15.6 Å². The van der Waals surface area contributed by atoms with Crippen LogP contribution in [0.4, 0.5) is 23.7 Å². The maximum Gasteiger partial charge on any atom is 0.416 e. The number of rotatable bonds is 7. The first-order valence-electron chi connectivity index (χ1n) is 13.6. The number of carbonyl (C=O) groups excluding carboxylic acids is 3. The standard InChI is InChI=1S/C30H27F3N6O5S/c1-36(15-19-14-35-37(2)16-19)26(41)17-38-28(22-8-7-18(13-34)11-25(22)45(3,43)44)27-23(9-10-24(27)40)39(29(38)42)21-6-4-5-20(12-21)30(31,32)33/h4-8,11-12,14,16,28H,9-10,15,17H2,1-3H3. The number of urea groups is 1. The van der Waals surface area contributed by atoms with E-state index < -0.39 is 51.9 Å². The number of ketones is 1. The minimum absolute atomic E-state index is 0.000163. The zero-order chi connectivity index (χ0) is 32.8. The van der Waals surface area contributed by atoms with Crippen LogP contribution in [0.1, 0.15) is 41.1 Å². The summed E-state index contributed by atoms with van der Waals surface area (Å²) in [6.45, 7) is -0.544. The molecule has 3 amide bonds. The van der Waals surface area contributed by atoms with E-state index in [2.05, 4.69) is 5.10 Å². The topological polar surface area (TPSA) is 137 Å². The number of nitriles is 1. The highest BCUT2D eigenvalue weighted by Crippen LogP contribution is 2.47. The van der Waals surface area contributed by atoms with Crippen LogP contribution in [0, 0.1) is 11.3 Å². The van der Waals surface area contributed by atoms with Crippen LogP contribution in [0.2, 0.25) is 0 Å². The van der Waals surface area contributed by atoms with Gasteiger partial charge in [0, 0.05) is 56.3 Å². The number of hydrogen-bond acceptors (Lipinski definition) is 7. The molecule has 2 heterocycles. The Morgan fingerprint density at radius 2 is 1.89 bits per heavy atom. The van der Waals surface area contributed by atoms with Gasteiger partial charge in [0.05, 0.1) is 40.0 Å². The summed E-state index contributed by atoms with van der Waals surface area (Å²) in [5.74, 6) is -1.05. The lowest BCUT2D eigenvalue weighted by Crippen LogP contribution is -2.53. The molecule has 0 fully saturated rings. The molecule has 0 saturated heterocycles. The van der Waals surface area contributed by atoms with Gasteiger partial charge in [0.2, 0.25) is 5.91 Å². The van der Waals surface area contributed by atoms with Gasteiger partial charge in [-0.2, -0.15) is 23.5 Å². The number of Topliss-reactive ketones (excluding diaryl/α,β-unsaturated/α-hetero) is 1. The molecule has 11 nitrogen and oxygen atoms in total. The van der Waals surface area contributed by atoms with Crippen LogP contribution in [0.3, 0.4) is 0 Å². The molecule has 0 saturated carbocycles. The number of amides is 3. The van der Waals surface area contributed by atoms with E-state index in [1.807, 2.05) is 6.07 Å². The average Bonchev–Trinajstić information content (AvgIpc) is 3.56. The van der Waals surface area contributed by atoms with E-state index >= 15 is 0 Å². The number of allylic oxidation sites excluding steroid dienone is 1. The second-order valence-electron chi connectivity index (χ2n) is 10.9. The second-order valence-corrected chi connectivity index (χ2v) is 12.9. The number of hydrogen-bond donors (Lipinski definition) is 0. The monoisotopic (exact) mass is 640 g/mol. The summed E-state index contributed by atoms with van der Waals surface area (Å²) < 4.78 is 68.5. The lowest BCUT2D eigenvalue weighted by molar-refractivity contribution is -0.137. The third kappa shape index (κ3) is 6.05. The molecule has 1 unspecified atom stereocenters. The van der Waals surface area contributed by atoms with Crippen LogP contribution >= 0.6 is 0 Å². The highest BCUT2D eigenvalue weighted by Gasteiger charge is 2.48. The molecule has 45 heavy (non-hydrogen) atoms. The molecule has 2 aromatic carbocycles. The molecule has 1 aliphatic carbocycles. The van der Waals surface area contributed by atoms with Gasteiger partial charge in [-0.25, -0.2) is 13.2 Å². The molecular formula is C30H27F3N6O5S. The van der Waals surface area contributed by atoms with Crippen LogP contribution in [0.15, 0.2) is 71.0 Å². The largest absolute Gasteiger partial charge is 0.416 e. The molecule has 1 atom stereocenters. The molecule has 234 valence electrons. The van der Waals surface area contributed by atoms with Gasteiger partial charge in [0.25, 0.3) is 0 Å². The number of carbonyl (C=O) groups is 3. The first-order chi connectivity index (χ1) is 21.1. The molecule has 1 aromatic heterocycles. The van der Waals surface area contributed by atoms with Crippen molar-refractivity contribution >= 4 is 33.2 Å². The molecular weight excluding hydrogens is 613 g/mol. The summed E-state index contributed by atoms with van der Waals surface area (Å²) in [5.41, 5.74) is -0.402. The zero-order valence-electron chi connectivity index (χ0n) is 24.4. The van der Waals surface area contributed by atoms with Crippen LogP contribution < -0.4 is 4.90 Å². The number of anilines is 1. The Morgan fingerprint density at radius 1 is 1.16 bits per heavy atom. The first kappa shape index (κ1) is 31.5. The third-order valence-corrected chi connectivity index (χ3v) is 8.82. The van der Waals surface area contributed by atoms with Crippen molar-refractivity contribution in [2.75, 3.05) is 24.7 Å². The highest BCUT2D eigenvalue weighted by molar-refractivity contribution is 7.90. The molecule has 2 aliphatic rings. The summed E-state index contributed by atoms with van der Waals surface area (Å²) in [5, 5.41) is 13.5. The van der Waals surface area contributed by atoms with Gasteiger partial charge in [-0.15, -0.1) is 0 Å². The lowest BCUT2D eigenvalue weighted by atomic mass is 9.92. The Hall–Kier alpha value is -4.97. The minimum Gasteiger partial charge on any atom is -0.340 e. The number of nitrogens with zero attached hydrogens (tertiary/aromatic N) is 6. The van der Waals surface area contributed by atoms with E-state index in [0.29, 0.717) is 5.56 Å².